The van der Waals surface area contributed by atoms with Crippen LogP contribution >= 0.6 is 15.9 Å². The smallest absolute Gasteiger partial charge is 0.190 e. The molecule has 0 N–H and O–H groups in total. The highest BCUT2D eigenvalue weighted by atomic mass is 79.9. The molecule has 4 heteroatoms. The van der Waals surface area contributed by atoms with Gasteiger partial charge in [-0.15, -0.1) is 0 Å². The van der Waals surface area contributed by atoms with Gasteiger partial charge in [0.2, 0.25) is 0 Å². The van der Waals surface area contributed by atoms with Crippen LogP contribution in [0, 0.1) is 0 Å². The zero-order chi connectivity index (χ0) is 18.1. The van der Waals surface area contributed by atoms with E-state index in [1.54, 1.807) is 13.2 Å². The van der Waals surface area contributed by atoms with Crippen LogP contribution < -0.4 is 10.2 Å². The van der Waals surface area contributed by atoms with Gasteiger partial charge in [-0.05, 0) is 48.0 Å². The third-order valence-electron chi connectivity index (χ3n) is 4.37. The third-order valence-corrected chi connectivity index (χ3v) is 4.87. The Morgan fingerprint density at radius 1 is 0.885 bits per heavy atom. The van der Waals surface area contributed by atoms with E-state index in [1.807, 2.05) is 72.8 Å². The predicted octanol–water partition coefficient (Wildman–Crippen LogP) is 5.43. The number of ether oxygens (including phenoxy) is 1. The molecule has 0 aliphatic heterocycles. The van der Waals surface area contributed by atoms with Gasteiger partial charge in [-0.25, -0.2) is 0 Å². The van der Waals surface area contributed by atoms with Crippen molar-refractivity contribution in [1.29, 1.82) is 0 Å². The Balaban J connectivity index is 2.09. The standard InChI is InChI=1S/C22H16BrNO2/c1-26-18-10-8-17(9-11-18)24-20-12-7-16(23)13-19(20)22(25)14-21(24)15-5-3-2-4-6-15/h2-14H,1H3. The van der Waals surface area contributed by atoms with Crippen molar-refractivity contribution in [3.8, 4) is 22.7 Å². The van der Waals surface area contributed by atoms with E-state index in [0.717, 1.165) is 32.7 Å². The molecule has 0 radical (unpaired) electrons. The summed E-state index contributed by atoms with van der Waals surface area (Å²) in [6, 6.07) is 25.3. The van der Waals surface area contributed by atoms with E-state index in [4.69, 9.17) is 4.74 Å². The lowest BCUT2D eigenvalue weighted by atomic mass is 10.1. The van der Waals surface area contributed by atoms with Gasteiger partial charge in [-0.2, -0.15) is 0 Å². The number of halogens is 1. The molecule has 0 saturated carbocycles. The maximum atomic E-state index is 12.8. The predicted molar refractivity (Wildman–Crippen MR) is 109 cm³/mol. The molecule has 3 nitrogen and oxygen atoms in total. The van der Waals surface area contributed by atoms with Gasteiger partial charge in [0.25, 0.3) is 0 Å². The minimum Gasteiger partial charge on any atom is -0.497 e. The first-order valence-electron chi connectivity index (χ1n) is 8.22. The average Bonchev–Trinajstić information content (AvgIpc) is 2.69. The van der Waals surface area contributed by atoms with Gasteiger partial charge in [0.1, 0.15) is 5.75 Å². The Morgan fingerprint density at radius 2 is 1.62 bits per heavy atom. The first-order chi connectivity index (χ1) is 12.7. The molecule has 26 heavy (non-hydrogen) atoms. The molecule has 0 aliphatic carbocycles. The van der Waals surface area contributed by atoms with Crippen LogP contribution in [0.2, 0.25) is 0 Å². The molecule has 0 saturated heterocycles. The summed E-state index contributed by atoms with van der Waals surface area (Å²) in [6.45, 7) is 0. The molecule has 0 unspecified atom stereocenters. The molecule has 1 heterocycles. The van der Waals surface area contributed by atoms with Crippen LogP contribution in [0.3, 0.4) is 0 Å². The van der Waals surface area contributed by atoms with Gasteiger partial charge in [0.05, 0.1) is 18.3 Å². The monoisotopic (exact) mass is 405 g/mol. The number of rotatable bonds is 3. The number of aromatic nitrogens is 1. The van der Waals surface area contributed by atoms with E-state index in [2.05, 4.69) is 20.5 Å². The molecule has 0 bridgehead atoms. The Labute approximate surface area is 159 Å². The van der Waals surface area contributed by atoms with Crippen LogP contribution in [-0.4, -0.2) is 11.7 Å². The van der Waals surface area contributed by atoms with Gasteiger partial charge < -0.3 is 9.30 Å². The highest BCUT2D eigenvalue weighted by molar-refractivity contribution is 9.10. The third kappa shape index (κ3) is 2.93. The second-order valence-corrected chi connectivity index (χ2v) is 6.87. The number of fused-ring (bicyclic) bond motifs is 1. The van der Waals surface area contributed by atoms with Crippen molar-refractivity contribution in [2.45, 2.75) is 0 Å². The molecule has 4 rings (SSSR count). The number of nitrogens with zero attached hydrogens (tertiary/aromatic N) is 1. The number of benzene rings is 3. The number of hydrogen-bond donors (Lipinski definition) is 0. The molecule has 1 aromatic heterocycles. The highest BCUT2D eigenvalue weighted by Gasteiger charge is 2.13. The van der Waals surface area contributed by atoms with Crippen LogP contribution in [0.15, 0.2) is 88.1 Å². The van der Waals surface area contributed by atoms with E-state index in [9.17, 15) is 4.79 Å². The fraction of sp³-hybridized carbons (Fsp3) is 0.0455. The Bertz CT molecular complexity index is 1130. The van der Waals surface area contributed by atoms with E-state index >= 15 is 0 Å². The summed E-state index contributed by atoms with van der Waals surface area (Å²) >= 11 is 3.47. The summed E-state index contributed by atoms with van der Waals surface area (Å²) in [5.74, 6) is 0.795. The van der Waals surface area contributed by atoms with Gasteiger partial charge in [-0.3, -0.25) is 4.79 Å². The number of methoxy groups -OCH3 is 1. The Morgan fingerprint density at radius 3 is 2.31 bits per heavy atom. The summed E-state index contributed by atoms with van der Waals surface area (Å²) in [5, 5.41) is 0.676. The van der Waals surface area contributed by atoms with Gasteiger partial charge >= 0.3 is 0 Å². The fourth-order valence-electron chi connectivity index (χ4n) is 3.13. The van der Waals surface area contributed by atoms with Gasteiger partial charge in [-0.1, -0.05) is 46.3 Å². The lowest BCUT2D eigenvalue weighted by Gasteiger charge is -2.18. The topological polar surface area (TPSA) is 31.2 Å². The second kappa shape index (κ2) is 6.81. The van der Waals surface area contributed by atoms with Crippen molar-refractivity contribution in [2.75, 3.05) is 7.11 Å². The van der Waals surface area contributed by atoms with Crippen molar-refractivity contribution in [3.63, 3.8) is 0 Å². The molecule has 0 atom stereocenters. The number of pyridine rings is 1. The summed E-state index contributed by atoms with van der Waals surface area (Å²) in [5.41, 5.74) is 3.69. The van der Waals surface area contributed by atoms with E-state index < -0.39 is 0 Å². The maximum absolute atomic E-state index is 12.8. The molecular formula is C22H16BrNO2. The normalized spacial score (nSPS) is 10.8. The first-order valence-corrected chi connectivity index (χ1v) is 9.02. The quantitative estimate of drug-likeness (QED) is 0.455. The van der Waals surface area contributed by atoms with E-state index in [-0.39, 0.29) is 5.43 Å². The van der Waals surface area contributed by atoms with Crippen LogP contribution in [0.5, 0.6) is 5.75 Å². The Kier molecular flexibility index (Phi) is 4.35. The van der Waals surface area contributed by atoms with Crippen molar-refractivity contribution in [3.05, 3.63) is 93.6 Å². The van der Waals surface area contributed by atoms with Crippen LogP contribution in [0.4, 0.5) is 0 Å². The summed E-state index contributed by atoms with van der Waals surface area (Å²) in [7, 11) is 1.65. The molecule has 4 aromatic rings. The number of hydrogen-bond acceptors (Lipinski definition) is 2. The fourth-order valence-corrected chi connectivity index (χ4v) is 3.49. The molecule has 0 amide bonds. The molecule has 0 fully saturated rings. The summed E-state index contributed by atoms with van der Waals surface area (Å²) in [6.07, 6.45) is 0. The molecule has 128 valence electrons. The van der Waals surface area contributed by atoms with Crippen molar-refractivity contribution in [1.82, 2.24) is 4.57 Å². The summed E-state index contributed by atoms with van der Waals surface area (Å²) < 4.78 is 8.27. The maximum Gasteiger partial charge on any atom is 0.190 e. The van der Waals surface area contributed by atoms with Gasteiger partial charge in [0.15, 0.2) is 5.43 Å². The molecule has 0 aliphatic rings. The second-order valence-electron chi connectivity index (χ2n) is 5.95. The van der Waals surface area contributed by atoms with Crippen molar-refractivity contribution in [2.24, 2.45) is 0 Å². The lowest BCUT2D eigenvalue weighted by Crippen LogP contribution is -2.10. The molecule has 0 spiro atoms. The Hall–Kier alpha value is -2.85. The minimum absolute atomic E-state index is 0.00455. The zero-order valence-corrected chi connectivity index (χ0v) is 15.7. The first kappa shape index (κ1) is 16.6. The minimum atomic E-state index is 0.00455. The van der Waals surface area contributed by atoms with Crippen molar-refractivity contribution >= 4 is 26.8 Å². The van der Waals surface area contributed by atoms with Crippen LogP contribution in [0.1, 0.15) is 0 Å². The largest absolute Gasteiger partial charge is 0.497 e. The SMILES string of the molecule is COc1ccc(-n2c(-c3ccccc3)cc(=O)c3cc(Br)ccc32)cc1. The molecule has 3 aromatic carbocycles. The van der Waals surface area contributed by atoms with Crippen LogP contribution in [-0.2, 0) is 0 Å². The lowest BCUT2D eigenvalue weighted by molar-refractivity contribution is 0.415. The summed E-state index contributed by atoms with van der Waals surface area (Å²) in [4.78, 5) is 12.8. The molecular weight excluding hydrogens is 390 g/mol. The van der Waals surface area contributed by atoms with E-state index in [1.165, 1.54) is 0 Å². The van der Waals surface area contributed by atoms with Gasteiger partial charge in [0, 0.05) is 21.6 Å². The zero-order valence-electron chi connectivity index (χ0n) is 14.1. The van der Waals surface area contributed by atoms with Crippen molar-refractivity contribution < 1.29 is 4.74 Å². The highest BCUT2D eigenvalue weighted by Crippen LogP contribution is 2.29. The van der Waals surface area contributed by atoms with Crippen LogP contribution in [0.25, 0.3) is 27.8 Å². The van der Waals surface area contributed by atoms with E-state index in [0.29, 0.717) is 5.39 Å². The average molecular weight is 406 g/mol.